The third-order valence-corrected chi connectivity index (χ3v) is 3.47. The quantitative estimate of drug-likeness (QED) is 0.763. The number of fused-ring (bicyclic) bond motifs is 1. The van der Waals surface area contributed by atoms with E-state index in [0.717, 1.165) is 22.3 Å². The van der Waals surface area contributed by atoms with Gasteiger partial charge in [0.2, 0.25) is 0 Å². The number of aromatic nitrogens is 3. The van der Waals surface area contributed by atoms with E-state index < -0.39 is 0 Å². The first kappa shape index (κ1) is 11.9. The van der Waals surface area contributed by atoms with E-state index in [-0.39, 0.29) is 6.61 Å². The topological polar surface area (TPSA) is 50.9 Å². The van der Waals surface area contributed by atoms with Gasteiger partial charge in [0.1, 0.15) is 6.33 Å². The van der Waals surface area contributed by atoms with Crippen LogP contribution in [0, 0.1) is 13.8 Å². The second-order valence-corrected chi connectivity index (χ2v) is 4.70. The summed E-state index contributed by atoms with van der Waals surface area (Å²) in [5, 5.41) is 9.41. The van der Waals surface area contributed by atoms with E-state index in [4.69, 9.17) is 0 Å². The summed E-state index contributed by atoms with van der Waals surface area (Å²) in [5.74, 6) is 0. The van der Waals surface area contributed by atoms with Crippen LogP contribution < -0.4 is 0 Å². The van der Waals surface area contributed by atoms with Gasteiger partial charge in [-0.25, -0.2) is 4.98 Å². The molecule has 0 atom stereocenters. The Morgan fingerprint density at radius 3 is 2.79 bits per heavy atom. The van der Waals surface area contributed by atoms with Crippen LogP contribution in [0.5, 0.6) is 0 Å². The maximum absolute atomic E-state index is 9.41. The van der Waals surface area contributed by atoms with Crippen molar-refractivity contribution in [3.8, 4) is 5.69 Å². The number of aliphatic hydroxyl groups is 1. The largest absolute Gasteiger partial charge is 0.392 e. The highest BCUT2D eigenvalue weighted by Gasteiger charge is 2.09. The summed E-state index contributed by atoms with van der Waals surface area (Å²) in [7, 11) is 0. The summed E-state index contributed by atoms with van der Waals surface area (Å²) in [4.78, 5) is 8.48. The Morgan fingerprint density at radius 2 is 2.00 bits per heavy atom. The van der Waals surface area contributed by atoms with Crippen LogP contribution in [0.25, 0.3) is 16.7 Å². The molecule has 3 rings (SSSR count). The lowest BCUT2D eigenvalue weighted by Gasteiger charge is -2.09. The van der Waals surface area contributed by atoms with Crippen molar-refractivity contribution in [2.24, 2.45) is 0 Å². The van der Waals surface area contributed by atoms with Crippen LogP contribution in [0.15, 0.2) is 36.9 Å². The van der Waals surface area contributed by atoms with E-state index in [9.17, 15) is 5.11 Å². The van der Waals surface area contributed by atoms with Crippen molar-refractivity contribution in [2.45, 2.75) is 20.5 Å². The number of aliphatic hydroxyl groups excluding tert-OH is 1. The monoisotopic (exact) mass is 253 g/mol. The molecule has 0 amide bonds. The minimum absolute atomic E-state index is 0.0340. The zero-order valence-corrected chi connectivity index (χ0v) is 11.0. The third kappa shape index (κ3) is 1.90. The van der Waals surface area contributed by atoms with Gasteiger partial charge in [-0.3, -0.25) is 9.55 Å². The van der Waals surface area contributed by atoms with E-state index >= 15 is 0 Å². The van der Waals surface area contributed by atoms with E-state index in [1.807, 2.05) is 10.6 Å². The molecule has 0 spiro atoms. The zero-order chi connectivity index (χ0) is 13.4. The SMILES string of the molecule is Cc1cc2ncn(-c3ccncc3CO)c2cc1C. The second kappa shape index (κ2) is 4.48. The lowest BCUT2D eigenvalue weighted by Crippen LogP contribution is -1.99. The standard InChI is InChI=1S/C15H15N3O/c1-10-5-13-15(6-11(10)2)18(9-17-13)14-3-4-16-7-12(14)8-19/h3-7,9,19H,8H2,1-2H3. The van der Waals surface area contributed by atoms with Crippen LogP contribution in [0.3, 0.4) is 0 Å². The molecule has 0 bridgehead atoms. The molecule has 0 aliphatic heterocycles. The Labute approximate surface area is 111 Å². The van der Waals surface area contributed by atoms with E-state index in [2.05, 4.69) is 35.9 Å². The molecular formula is C15H15N3O. The minimum atomic E-state index is -0.0340. The van der Waals surface area contributed by atoms with Crippen LogP contribution in [-0.4, -0.2) is 19.6 Å². The van der Waals surface area contributed by atoms with Crippen molar-refractivity contribution in [1.29, 1.82) is 0 Å². The maximum Gasteiger partial charge on any atom is 0.100 e. The zero-order valence-electron chi connectivity index (χ0n) is 11.0. The highest BCUT2D eigenvalue weighted by molar-refractivity contribution is 5.79. The minimum Gasteiger partial charge on any atom is -0.392 e. The summed E-state index contributed by atoms with van der Waals surface area (Å²) in [6.07, 6.45) is 5.20. The number of benzene rings is 1. The molecule has 3 aromatic rings. The molecule has 4 heteroatoms. The first-order valence-electron chi connectivity index (χ1n) is 6.19. The molecule has 96 valence electrons. The Morgan fingerprint density at radius 1 is 1.21 bits per heavy atom. The lowest BCUT2D eigenvalue weighted by molar-refractivity contribution is 0.281. The molecular weight excluding hydrogens is 238 g/mol. The predicted octanol–water partition coefficient (Wildman–Crippen LogP) is 2.53. The van der Waals surface area contributed by atoms with Gasteiger partial charge in [0.05, 0.1) is 23.3 Å². The maximum atomic E-state index is 9.41. The number of imidazole rings is 1. The average Bonchev–Trinajstić information content (AvgIpc) is 2.82. The van der Waals surface area contributed by atoms with Gasteiger partial charge in [0.25, 0.3) is 0 Å². The second-order valence-electron chi connectivity index (χ2n) is 4.70. The predicted molar refractivity (Wildman–Crippen MR) is 74.3 cm³/mol. The number of nitrogens with zero attached hydrogens (tertiary/aromatic N) is 3. The molecule has 1 aromatic carbocycles. The van der Waals surface area contributed by atoms with Crippen LogP contribution in [0.1, 0.15) is 16.7 Å². The molecule has 1 N–H and O–H groups in total. The first-order valence-corrected chi connectivity index (χ1v) is 6.19. The molecule has 0 saturated carbocycles. The van der Waals surface area contributed by atoms with Crippen LogP contribution in [-0.2, 0) is 6.61 Å². The van der Waals surface area contributed by atoms with Gasteiger partial charge in [-0.2, -0.15) is 0 Å². The third-order valence-electron chi connectivity index (χ3n) is 3.47. The van der Waals surface area contributed by atoms with Crippen LogP contribution in [0.2, 0.25) is 0 Å². The summed E-state index contributed by atoms with van der Waals surface area (Å²) in [6, 6.07) is 6.10. The van der Waals surface area contributed by atoms with E-state index in [1.54, 1.807) is 18.7 Å². The fourth-order valence-corrected chi connectivity index (χ4v) is 2.23. The van der Waals surface area contributed by atoms with Crippen molar-refractivity contribution >= 4 is 11.0 Å². The fraction of sp³-hybridized carbons (Fsp3) is 0.200. The fourth-order valence-electron chi connectivity index (χ4n) is 2.23. The number of rotatable bonds is 2. The highest BCUT2D eigenvalue weighted by Crippen LogP contribution is 2.23. The Bertz CT molecular complexity index is 746. The summed E-state index contributed by atoms with van der Waals surface area (Å²) >= 11 is 0. The molecule has 0 radical (unpaired) electrons. The van der Waals surface area contributed by atoms with Crippen molar-refractivity contribution in [1.82, 2.24) is 14.5 Å². The molecule has 0 fully saturated rings. The van der Waals surface area contributed by atoms with Crippen molar-refractivity contribution in [3.63, 3.8) is 0 Å². The van der Waals surface area contributed by atoms with Gasteiger partial charge in [0.15, 0.2) is 0 Å². The smallest absolute Gasteiger partial charge is 0.100 e. The van der Waals surface area contributed by atoms with Gasteiger partial charge in [-0.1, -0.05) is 0 Å². The molecule has 0 saturated heterocycles. The highest BCUT2D eigenvalue weighted by atomic mass is 16.3. The Kier molecular flexibility index (Phi) is 2.80. The van der Waals surface area contributed by atoms with Gasteiger partial charge < -0.3 is 5.11 Å². The molecule has 2 aromatic heterocycles. The number of hydrogen-bond donors (Lipinski definition) is 1. The van der Waals surface area contributed by atoms with Crippen LogP contribution in [0.4, 0.5) is 0 Å². The van der Waals surface area contributed by atoms with Gasteiger partial charge in [-0.15, -0.1) is 0 Å². The van der Waals surface area contributed by atoms with E-state index in [0.29, 0.717) is 0 Å². The van der Waals surface area contributed by atoms with E-state index in [1.165, 1.54) is 11.1 Å². The summed E-state index contributed by atoms with van der Waals surface area (Å²) < 4.78 is 2.00. The average molecular weight is 253 g/mol. The summed E-state index contributed by atoms with van der Waals surface area (Å²) in [6.45, 7) is 4.14. The lowest BCUT2D eigenvalue weighted by atomic mass is 10.1. The van der Waals surface area contributed by atoms with Crippen molar-refractivity contribution < 1.29 is 5.11 Å². The molecule has 4 nitrogen and oxygen atoms in total. The number of aryl methyl sites for hydroxylation is 2. The first-order chi connectivity index (χ1) is 9.20. The van der Waals surface area contributed by atoms with Gasteiger partial charge in [0, 0.05) is 18.0 Å². The van der Waals surface area contributed by atoms with Gasteiger partial charge >= 0.3 is 0 Å². The number of pyridine rings is 1. The van der Waals surface area contributed by atoms with Crippen LogP contribution >= 0.6 is 0 Å². The molecule has 0 aliphatic carbocycles. The number of hydrogen-bond acceptors (Lipinski definition) is 3. The molecule has 0 unspecified atom stereocenters. The van der Waals surface area contributed by atoms with Crippen molar-refractivity contribution in [3.05, 3.63) is 53.6 Å². The van der Waals surface area contributed by atoms with Crippen molar-refractivity contribution in [2.75, 3.05) is 0 Å². The molecule has 19 heavy (non-hydrogen) atoms. The Balaban J connectivity index is 2.28. The molecule has 2 heterocycles. The normalized spacial score (nSPS) is 11.1. The Hall–Kier alpha value is -2.20. The van der Waals surface area contributed by atoms with Gasteiger partial charge in [-0.05, 0) is 43.2 Å². The molecule has 0 aliphatic rings. The summed E-state index contributed by atoms with van der Waals surface area (Å²) in [5.41, 5.74) is 6.18.